The molecule has 1 atom stereocenters. The molecule has 0 aromatic heterocycles. The maximum absolute atomic E-state index is 13.0. The van der Waals surface area contributed by atoms with E-state index in [1.165, 1.54) is 5.56 Å². The Labute approximate surface area is 96.5 Å². The van der Waals surface area contributed by atoms with Crippen LogP contribution in [-0.4, -0.2) is 30.6 Å². The molecule has 0 aliphatic carbocycles. The van der Waals surface area contributed by atoms with E-state index >= 15 is 0 Å². The Hall–Kier alpha value is -0.930. The Bertz CT molecular complexity index is 365. The first-order chi connectivity index (χ1) is 7.66. The van der Waals surface area contributed by atoms with Crippen LogP contribution in [0.3, 0.4) is 0 Å². The normalized spacial score (nSPS) is 22.3. The zero-order valence-corrected chi connectivity index (χ0v) is 9.96. The Morgan fingerprint density at radius 3 is 3.00 bits per heavy atom. The summed E-state index contributed by atoms with van der Waals surface area (Å²) in [6.45, 7) is 8.29. The van der Waals surface area contributed by atoms with Crippen LogP contribution >= 0.6 is 0 Å². The molecule has 3 heteroatoms. The van der Waals surface area contributed by atoms with Crippen LogP contribution in [0.5, 0.6) is 0 Å². The smallest absolute Gasteiger partial charge is 0.123 e. The third-order valence-corrected chi connectivity index (χ3v) is 3.32. The van der Waals surface area contributed by atoms with Gasteiger partial charge >= 0.3 is 0 Å². The molecular weight excluding hydrogens is 203 g/mol. The molecule has 16 heavy (non-hydrogen) atoms. The van der Waals surface area contributed by atoms with Gasteiger partial charge in [0.2, 0.25) is 0 Å². The van der Waals surface area contributed by atoms with Gasteiger partial charge < -0.3 is 5.32 Å². The number of halogens is 1. The molecule has 2 rings (SSSR count). The van der Waals surface area contributed by atoms with Gasteiger partial charge in [0.1, 0.15) is 5.82 Å². The van der Waals surface area contributed by atoms with E-state index in [1.54, 1.807) is 12.1 Å². The van der Waals surface area contributed by atoms with Crippen molar-refractivity contribution in [3.05, 3.63) is 35.1 Å². The topological polar surface area (TPSA) is 15.3 Å². The molecule has 0 spiro atoms. The maximum Gasteiger partial charge on any atom is 0.123 e. The molecule has 1 saturated heterocycles. The minimum atomic E-state index is -0.144. The second kappa shape index (κ2) is 4.93. The predicted molar refractivity (Wildman–Crippen MR) is 63.9 cm³/mol. The van der Waals surface area contributed by atoms with Crippen LogP contribution in [0, 0.1) is 12.7 Å². The van der Waals surface area contributed by atoms with Crippen LogP contribution in [0.2, 0.25) is 0 Å². The van der Waals surface area contributed by atoms with Crippen molar-refractivity contribution in [1.82, 2.24) is 10.2 Å². The fourth-order valence-electron chi connectivity index (χ4n) is 2.17. The summed E-state index contributed by atoms with van der Waals surface area (Å²) in [4.78, 5) is 2.44. The van der Waals surface area contributed by atoms with Crippen molar-refractivity contribution in [3.63, 3.8) is 0 Å². The first-order valence-electron chi connectivity index (χ1n) is 5.86. The van der Waals surface area contributed by atoms with Crippen molar-refractivity contribution in [2.45, 2.75) is 26.4 Å². The summed E-state index contributed by atoms with van der Waals surface area (Å²) < 4.78 is 13.0. The van der Waals surface area contributed by atoms with Crippen molar-refractivity contribution in [2.75, 3.05) is 19.6 Å². The van der Waals surface area contributed by atoms with E-state index < -0.39 is 0 Å². The van der Waals surface area contributed by atoms with Crippen LogP contribution in [0.4, 0.5) is 4.39 Å². The van der Waals surface area contributed by atoms with Gasteiger partial charge in [-0.15, -0.1) is 0 Å². The zero-order valence-electron chi connectivity index (χ0n) is 9.96. The number of hydrogen-bond donors (Lipinski definition) is 1. The summed E-state index contributed by atoms with van der Waals surface area (Å²) in [5.41, 5.74) is 2.28. The van der Waals surface area contributed by atoms with Crippen molar-refractivity contribution in [1.29, 1.82) is 0 Å². The highest BCUT2D eigenvalue weighted by molar-refractivity contribution is 5.26. The van der Waals surface area contributed by atoms with E-state index in [9.17, 15) is 4.39 Å². The number of rotatable bonds is 2. The number of piperazine rings is 1. The van der Waals surface area contributed by atoms with Crippen LogP contribution in [-0.2, 0) is 6.54 Å². The summed E-state index contributed by atoms with van der Waals surface area (Å²) >= 11 is 0. The van der Waals surface area contributed by atoms with Gasteiger partial charge in [0.25, 0.3) is 0 Å². The molecule has 1 aliphatic rings. The summed E-state index contributed by atoms with van der Waals surface area (Å²) in [6.07, 6.45) is 0. The van der Waals surface area contributed by atoms with Gasteiger partial charge in [-0.2, -0.15) is 0 Å². The number of nitrogens with zero attached hydrogens (tertiary/aromatic N) is 1. The fraction of sp³-hybridized carbons (Fsp3) is 0.538. The molecule has 2 nitrogen and oxygen atoms in total. The molecule has 1 aromatic carbocycles. The highest BCUT2D eigenvalue weighted by Gasteiger charge is 2.18. The van der Waals surface area contributed by atoms with Gasteiger partial charge in [0.15, 0.2) is 0 Å². The van der Waals surface area contributed by atoms with Crippen LogP contribution in [0.25, 0.3) is 0 Å². The van der Waals surface area contributed by atoms with Crippen LogP contribution in [0.15, 0.2) is 18.2 Å². The van der Waals surface area contributed by atoms with Crippen LogP contribution in [0.1, 0.15) is 18.1 Å². The number of nitrogens with one attached hydrogen (secondary N) is 1. The Balaban J connectivity index is 2.07. The average Bonchev–Trinajstić information content (AvgIpc) is 2.25. The molecule has 0 amide bonds. The van der Waals surface area contributed by atoms with Gasteiger partial charge in [-0.3, -0.25) is 4.90 Å². The molecule has 1 N–H and O–H groups in total. The predicted octanol–water partition coefficient (Wildman–Crippen LogP) is 1.93. The van der Waals surface area contributed by atoms with Crippen molar-refractivity contribution in [3.8, 4) is 0 Å². The molecule has 88 valence electrons. The highest BCUT2D eigenvalue weighted by Crippen LogP contribution is 2.15. The molecule has 1 fully saturated rings. The largest absolute Gasteiger partial charge is 0.314 e. The summed E-state index contributed by atoms with van der Waals surface area (Å²) in [7, 11) is 0. The maximum atomic E-state index is 13.0. The van der Waals surface area contributed by atoms with Crippen LogP contribution < -0.4 is 5.32 Å². The standard InChI is InChI=1S/C13H19FN2/c1-10-7-13(14)4-3-12(10)9-16-6-5-15-8-11(16)2/h3-4,7,11,15H,5-6,8-9H2,1-2H3/t11-/m0/s1. The SMILES string of the molecule is Cc1cc(F)ccc1CN1CCNC[C@@H]1C. The lowest BCUT2D eigenvalue weighted by molar-refractivity contribution is 0.165. The van der Waals surface area contributed by atoms with Gasteiger partial charge in [-0.25, -0.2) is 4.39 Å². The molecule has 1 aromatic rings. The third kappa shape index (κ3) is 2.60. The molecule has 0 unspecified atom stereocenters. The minimum Gasteiger partial charge on any atom is -0.314 e. The van der Waals surface area contributed by atoms with E-state index in [-0.39, 0.29) is 5.82 Å². The van der Waals surface area contributed by atoms with Crippen molar-refractivity contribution >= 4 is 0 Å². The zero-order chi connectivity index (χ0) is 11.5. The lowest BCUT2D eigenvalue weighted by atomic mass is 10.1. The Morgan fingerprint density at radius 2 is 2.31 bits per heavy atom. The number of benzene rings is 1. The van der Waals surface area contributed by atoms with Gasteiger partial charge in [-0.1, -0.05) is 6.07 Å². The van der Waals surface area contributed by atoms with Gasteiger partial charge in [-0.05, 0) is 37.1 Å². The van der Waals surface area contributed by atoms with Crippen molar-refractivity contribution < 1.29 is 4.39 Å². The lowest BCUT2D eigenvalue weighted by Gasteiger charge is -2.34. The first kappa shape index (κ1) is 11.6. The summed E-state index contributed by atoms with van der Waals surface area (Å²) in [6, 6.07) is 5.62. The first-order valence-corrected chi connectivity index (χ1v) is 5.86. The quantitative estimate of drug-likeness (QED) is 0.822. The summed E-state index contributed by atoms with van der Waals surface area (Å²) in [5.74, 6) is -0.144. The monoisotopic (exact) mass is 222 g/mol. The highest BCUT2D eigenvalue weighted by atomic mass is 19.1. The van der Waals surface area contributed by atoms with Gasteiger partial charge in [0, 0.05) is 32.2 Å². The number of hydrogen-bond acceptors (Lipinski definition) is 2. The van der Waals surface area contributed by atoms with E-state index in [1.807, 2.05) is 13.0 Å². The van der Waals surface area contributed by atoms with Crippen molar-refractivity contribution in [2.24, 2.45) is 0 Å². The molecule has 0 radical (unpaired) electrons. The molecule has 0 saturated carbocycles. The van der Waals surface area contributed by atoms with E-state index in [0.717, 1.165) is 31.7 Å². The van der Waals surface area contributed by atoms with E-state index in [4.69, 9.17) is 0 Å². The lowest BCUT2D eigenvalue weighted by Crippen LogP contribution is -2.49. The third-order valence-electron chi connectivity index (χ3n) is 3.32. The van der Waals surface area contributed by atoms with E-state index in [2.05, 4.69) is 17.1 Å². The molecule has 0 bridgehead atoms. The average molecular weight is 222 g/mol. The Morgan fingerprint density at radius 1 is 1.50 bits per heavy atom. The minimum absolute atomic E-state index is 0.144. The second-order valence-electron chi connectivity index (χ2n) is 4.59. The molecule has 1 aliphatic heterocycles. The molecule has 1 heterocycles. The molecular formula is C13H19FN2. The second-order valence-corrected chi connectivity index (χ2v) is 4.59. The van der Waals surface area contributed by atoms with E-state index in [0.29, 0.717) is 6.04 Å². The number of aryl methyl sites for hydroxylation is 1. The fourth-order valence-corrected chi connectivity index (χ4v) is 2.17. The Kier molecular flexibility index (Phi) is 3.56. The van der Waals surface area contributed by atoms with Gasteiger partial charge in [0.05, 0.1) is 0 Å². The summed E-state index contributed by atoms with van der Waals surface area (Å²) in [5, 5.41) is 3.37.